The number of rotatable bonds is 5. The molecule has 9 nitrogen and oxygen atoms in total. The van der Waals surface area contributed by atoms with Crippen LogP contribution in [0.3, 0.4) is 0 Å². The summed E-state index contributed by atoms with van der Waals surface area (Å²) in [7, 11) is 0. The molecule has 2 N–H and O–H groups in total. The first-order valence-electron chi connectivity index (χ1n) is 10.8. The minimum absolute atomic E-state index is 0.0643. The molecule has 1 atom stereocenters. The van der Waals surface area contributed by atoms with Gasteiger partial charge >= 0.3 is 0 Å². The van der Waals surface area contributed by atoms with Gasteiger partial charge in [0.25, 0.3) is 5.91 Å². The SMILES string of the molecule is O=C(CN1CCN(C(=O)c2n[nH]c3ccccc23)CC1)NCC1COc2ccccc2O1. The average Bonchev–Trinajstić information content (AvgIpc) is 3.27. The van der Waals surface area contributed by atoms with Gasteiger partial charge in [-0.05, 0) is 18.2 Å². The van der Waals surface area contributed by atoms with Gasteiger partial charge in [0.05, 0.1) is 18.6 Å². The maximum Gasteiger partial charge on any atom is 0.275 e. The third kappa shape index (κ3) is 4.24. The van der Waals surface area contributed by atoms with Crippen molar-refractivity contribution in [3.8, 4) is 11.5 Å². The van der Waals surface area contributed by atoms with Crippen LogP contribution in [0.4, 0.5) is 0 Å². The number of nitrogens with zero attached hydrogens (tertiary/aromatic N) is 3. The highest BCUT2D eigenvalue weighted by Gasteiger charge is 2.26. The second-order valence-electron chi connectivity index (χ2n) is 7.99. The minimum atomic E-state index is -0.216. The van der Waals surface area contributed by atoms with Crippen molar-refractivity contribution < 1.29 is 19.1 Å². The van der Waals surface area contributed by atoms with Crippen molar-refractivity contribution in [2.75, 3.05) is 45.9 Å². The molecule has 2 aliphatic heterocycles. The molecule has 166 valence electrons. The number of para-hydroxylation sites is 3. The van der Waals surface area contributed by atoms with E-state index in [1.54, 1.807) is 4.90 Å². The molecule has 0 spiro atoms. The summed E-state index contributed by atoms with van der Waals surface area (Å²) in [6.07, 6.45) is -0.216. The van der Waals surface area contributed by atoms with Gasteiger partial charge in [0.2, 0.25) is 5.91 Å². The number of hydrogen-bond acceptors (Lipinski definition) is 6. The van der Waals surface area contributed by atoms with Crippen molar-refractivity contribution in [3.63, 3.8) is 0 Å². The molecule has 1 unspecified atom stereocenters. The fourth-order valence-corrected chi connectivity index (χ4v) is 4.04. The molecule has 2 aromatic carbocycles. The quantitative estimate of drug-likeness (QED) is 0.626. The van der Waals surface area contributed by atoms with E-state index in [0.29, 0.717) is 50.8 Å². The van der Waals surface area contributed by atoms with Gasteiger partial charge in [-0.15, -0.1) is 0 Å². The molecule has 0 bridgehead atoms. The van der Waals surface area contributed by atoms with E-state index in [2.05, 4.69) is 20.4 Å². The zero-order chi connectivity index (χ0) is 21.9. The zero-order valence-corrected chi connectivity index (χ0v) is 17.6. The summed E-state index contributed by atoms with van der Waals surface area (Å²) in [5.41, 5.74) is 1.30. The third-order valence-corrected chi connectivity index (χ3v) is 5.79. The Morgan fingerprint density at radius 2 is 1.78 bits per heavy atom. The predicted octanol–water partition coefficient (Wildman–Crippen LogP) is 1.28. The fraction of sp³-hybridized carbons (Fsp3) is 0.348. The van der Waals surface area contributed by atoms with Crippen molar-refractivity contribution >= 4 is 22.7 Å². The molecule has 5 rings (SSSR count). The van der Waals surface area contributed by atoms with Gasteiger partial charge < -0.3 is 19.7 Å². The van der Waals surface area contributed by atoms with Gasteiger partial charge in [-0.2, -0.15) is 5.10 Å². The van der Waals surface area contributed by atoms with Gasteiger partial charge in [0, 0.05) is 31.6 Å². The number of ether oxygens (including phenoxy) is 2. The lowest BCUT2D eigenvalue weighted by molar-refractivity contribution is -0.123. The summed E-state index contributed by atoms with van der Waals surface area (Å²) in [5, 5.41) is 10.9. The van der Waals surface area contributed by atoms with E-state index in [1.807, 2.05) is 48.5 Å². The number of carbonyl (C=O) groups is 2. The van der Waals surface area contributed by atoms with Crippen LogP contribution in [0.1, 0.15) is 10.5 Å². The smallest absolute Gasteiger partial charge is 0.275 e. The topological polar surface area (TPSA) is 99.8 Å². The largest absolute Gasteiger partial charge is 0.486 e. The number of benzene rings is 2. The van der Waals surface area contributed by atoms with Crippen LogP contribution >= 0.6 is 0 Å². The Kier molecular flexibility index (Phi) is 5.64. The first-order valence-corrected chi connectivity index (χ1v) is 10.8. The highest BCUT2D eigenvalue weighted by molar-refractivity contribution is 6.04. The predicted molar refractivity (Wildman–Crippen MR) is 118 cm³/mol. The number of piperazine rings is 1. The summed E-state index contributed by atoms with van der Waals surface area (Å²) >= 11 is 0. The lowest BCUT2D eigenvalue weighted by atomic mass is 10.2. The number of H-pyrrole nitrogens is 1. The monoisotopic (exact) mass is 435 g/mol. The van der Waals surface area contributed by atoms with Gasteiger partial charge in [-0.3, -0.25) is 19.6 Å². The van der Waals surface area contributed by atoms with Crippen LogP contribution in [0.15, 0.2) is 48.5 Å². The number of carbonyl (C=O) groups excluding carboxylic acids is 2. The van der Waals surface area contributed by atoms with E-state index >= 15 is 0 Å². The van der Waals surface area contributed by atoms with Gasteiger partial charge in [-0.25, -0.2) is 0 Å². The lowest BCUT2D eigenvalue weighted by Crippen LogP contribution is -2.52. The lowest BCUT2D eigenvalue weighted by Gasteiger charge is -2.34. The first kappa shape index (κ1) is 20.3. The standard InChI is InChI=1S/C23H25N5O4/c29-21(24-13-16-15-31-19-7-3-4-8-20(19)32-16)14-27-9-11-28(12-10-27)23(30)22-17-5-1-2-6-18(17)25-26-22/h1-8,16H,9-15H2,(H,24,29)(H,25,26). The number of nitrogens with one attached hydrogen (secondary N) is 2. The van der Waals surface area contributed by atoms with Crippen LogP contribution in [0.2, 0.25) is 0 Å². The second kappa shape index (κ2) is 8.88. The van der Waals surface area contributed by atoms with E-state index < -0.39 is 0 Å². The Morgan fingerprint density at radius 3 is 2.62 bits per heavy atom. The molecule has 1 aromatic heterocycles. The van der Waals surface area contributed by atoms with Crippen LogP contribution < -0.4 is 14.8 Å². The van der Waals surface area contributed by atoms with Crippen LogP contribution in [0, 0.1) is 0 Å². The number of aromatic amines is 1. The summed E-state index contributed by atoms with van der Waals surface area (Å²) < 4.78 is 11.6. The third-order valence-electron chi connectivity index (χ3n) is 5.79. The van der Waals surface area contributed by atoms with Crippen LogP contribution in [-0.2, 0) is 4.79 Å². The molecule has 3 heterocycles. The number of hydrogen-bond donors (Lipinski definition) is 2. The maximum absolute atomic E-state index is 12.9. The molecule has 3 aromatic rings. The molecular formula is C23H25N5O4. The van der Waals surface area contributed by atoms with Crippen LogP contribution in [-0.4, -0.2) is 83.8 Å². The Balaban J connectivity index is 1.07. The van der Waals surface area contributed by atoms with E-state index in [4.69, 9.17) is 9.47 Å². The normalized spacial score (nSPS) is 18.5. The van der Waals surface area contributed by atoms with E-state index in [1.165, 1.54) is 0 Å². The van der Waals surface area contributed by atoms with Crippen LogP contribution in [0.5, 0.6) is 11.5 Å². The molecule has 0 aliphatic carbocycles. The maximum atomic E-state index is 12.9. The molecule has 2 aliphatic rings. The fourth-order valence-electron chi connectivity index (χ4n) is 4.04. The van der Waals surface area contributed by atoms with E-state index in [9.17, 15) is 9.59 Å². The van der Waals surface area contributed by atoms with E-state index in [0.717, 1.165) is 16.7 Å². The summed E-state index contributed by atoms with van der Waals surface area (Å²) in [6, 6.07) is 15.1. The highest BCUT2D eigenvalue weighted by atomic mass is 16.6. The Labute approximate surface area is 185 Å². The van der Waals surface area contributed by atoms with Gasteiger partial charge in [-0.1, -0.05) is 30.3 Å². The first-order chi connectivity index (χ1) is 15.7. The van der Waals surface area contributed by atoms with Crippen molar-refractivity contribution in [1.29, 1.82) is 0 Å². The van der Waals surface area contributed by atoms with Crippen molar-refractivity contribution in [2.24, 2.45) is 0 Å². The Hall–Kier alpha value is -3.59. The molecule has 1 saturated heterocycles. The number of amides is 2. The highest BCUT2D eigenvalue weighted by Crippen LogP contribution is 2.30. The van der Waals surface area contributed by atoms with Crippen molar-refractivity contribution in [3.05, 3.63) is 54.2 Å². The number of aromatic nitrogens is 2. The number of fused-ring (bicyclic) bond motifs is 2. The Morgan fingerprint density at radius 1 is 1.03 bits per heavy atom. The summed E-state index contributed by atoms with van der Waals surface area (Å²) in [6.45, 7) is 3.47. The summed E-state index contributed by atoms with van der Waals surface area (Å²) in [4.78, 5) is 29.1. The molecule has 0 radical (unpaired) electrons. The molecular weight excluding hydrogens is 410 g/mol. The van der Waals surface area contributed by atoms with Gasteiger partial charge in [0.15, 0.2) is 17.2 Å². The molecule has 9 heteroatoms. The molecule has 2 amide bonds. The van der Waals surface area contributed by atoms with Crippen molar-refractivity contribution in [1.82, 2.24) is 25.3 Å². The zero-order valence-electron chi connectivity index (χ0n) is 17.6. The molecule has 1 fully saturated rings. The minimum Gasteiger partial charge on any atom is -0.486 e. The summed E-state index contributed by atoms with van der Waals surface area (Å²) in [5.74, 6) is 1.28. The molecule has 32 heavy (non-hydrogen) atoms. The van der Waals surface area contributed by atoms with Crippen molar-refractivity contribution in [2.45, 2.75) is 6.10 Å². The van der Waals surface area contributed by atoms with Gasteiger partial charge in [0.1, 0.15) is 12.7 Å². The Bertz CT molecular complexity index is 1120. The average molecular weight is 435 g/mol. The van der Waals surface area contributed by atoms with E-state index in [-0.39, 0.29) is 24.5 Å². The van der Waals surface area contributed by atoms with Crippen LogP contribution in [0.25, 0.3) is 10.9 Å². The molecule has 0 saturated carbocycles. The second-order valence-corrected chi connectivity index (χ2v) is 7.99.